The number of nitrogens with one attached hydrogen (secondary N) is 2. The number of benzene rings is 1. The molecule has 2 aliphatic rings. The predicted octanol–water partition coefficient (Wildman–Crippen LogP) is 0.0453. The van der Waals surface area contributed by atoms with E-state index in [2.05, 4.69) is 20.9 Å². The van der Waals surface area contributed by atoms with Gasteiger partial charge in [0.15, 0.2) is 0 Å². The highest BCUT2D eigenvalue weighted by atomic mass is 16.5. The Labute approximate surface area is 169 Å². The van der Waals surface area contributed by atoms with Crippen LogP contribution in [0, 0.1) is 0 Å². The molecule has 0 aliphatic carbocycles. The summed E-state index contributed by atoms with van der Waals surface area (Å²) in [5, 5.41) is 4.07. The highest BCUT2D eigenvalue weighted by Crippen LogP contribution is 2.25. The fourth-order valence-corrected chi connectivity index (χ4v) is 3.81. The van der Waals surface area contributed by atoms with Gasteiger partial charge in [-0.2, -0.15) is 5.10 Å². The molecule has 2 N–H and O–H groups in total. The van der Waals surface area contributed by atoms with Crippen molar-refractivity contribution in [1.82, 2.24) is 25.5 Å². The van der Waals surface area contributed by atoms with Crippen LogP contribution in [0.4, 0.5) is 5.69 Å². The number of hydrogen-bond donors (Lipinski definition) is 2. The van der Waals surface area contributed by atoms with Gasteiger partial charge in [0.25, 0.3) is 5.56 Å². The average Bonchev–Trinajstić information content (AvgIpc) is 3.25. The van der Waals surface area contributed by atoms with E-state index in [0.717, 1.165) is 17.0 Å². The molecule has 4 rings (SSSR count). The number of methoxy groups -OCH3 is 1. The van der Waals surface area contributed by atoms with Crippen molar-refractivity contribution in [2.75, 3.05) is 38.2 Å². The van der Waals surface area contributed by atoms with Crippen LogP contribution in [0.3, 0.4) is 0 Å². The van der Waals surface area contributed by atoms with Gasteiger partial charge in [-0.25, -0.2) is 15.5 Å². The Morgan fingerprint density at radius 3 is 2.52 bits per heavy atom. The minimum Gasteiger partial charge on any atom is -0.497 e. The zero-order valence-electron chi connectivity index (χ0n) is 16.7. The Kier molecular flexibility index (Phi) is 5.50. The summed E-state index contributed by atoms with van der Waals surface area (Å²) >= 11 is 0. The molecule has 154 valence electrons. The molecule has 0 spiro atoms. The lowest BCUT2D eigenvalue weighted by Crippen LogP contribution is -2.53. The van der Waals surface area contributed by atoms with Gasteiger partial charge in [0, 0.05) is 45.3 Å². The predicted molar refractivity (Wildman–Crippen MR) is 109 cm³/mol. The quantitative estimate of drug-likeness (QED) is 0.752. The maximum absolute atomic E-state index is 12.9. The fourth-order valence-electron chi connectivity index (χ4n) is 3.81. The summed E-state index contributed by atoms with van der Waals surface area (Å²) in [5.74, 6) is 0.923. The molecular formula is C20H26N6O3. The van der Waals surface area contributed by atoms with Crippen LogP contribution in [0.2, 0.25) is 0 Å². The van der Waals surface area contributed by atoms with E-state index in [1.54, 1.807) is 26.4 Å². The summed E-state index contributed by atoms with van der Waals surface area (Å²) in [4.78, 5) is 28.7. The molecule has 2 fully saturated rings. The molecule has 2 atom stereocenters. The first kappa shape index (κ1) is 19.4. The molecule has 9 heteroatoms. The Bertz CT molecular complexity index is 921. The molecular weight excluding hydrogens is 372 g/mol. The molecule has 2 saturated heterocycles. The first-order valence-corrected chi connectivity index (χ1v) is 9.77. The molecule has 0 radical (unpaired) electrons. The van der Waals surface area contributed by atoms with Crippen molar-refractivity contribution in [3.8, 4) is 5.75 Å². The summed E-state index contributed by atoms with van der Waals surface area (Å²) in [5.41, 5.74) is 8.18. The second-order valence-electron chi connectivity index (χ2n) is 7.39. The first-order valence-electron chi connectivity index (χ1n) is 9.77. The Hall–Kier alpha value is -2.91. The molecule has 2 aromatic rings. The molecule has 29 heavy (non-hydrogen) atoms. The average molecular weight is 398 g/mol. The van der Waals surface area contributed by atoms with Crippen LogP contribution in [0.15, 0.2) is 41.3 Å². The van der Waals surface area contributed by atoms with E-state index in [-0.39, 0.29) is 23.6 Å². The minimum atomic E-state index is -0.251. The van der Waals surface area contributed by atoms with Crippen LogP contribution in [0.25, 0.3) is 0 Å². The van der Waals surface area contributed by atoms with Gasteiger partial charge in [-0.1, -0.05) is 12.1 Å². The third-order valence-electron chi connectivity index (χ3n) is 5.63. The molecule has 1 aromatic carbocycles. The van der Waals surface area contributed by atoms with Crippen LogP contribution in [-0.4, -0.2) is 59.9 Å². The normalized spacial score (nSPS) is 22.0. The lowest BCUT2D eigenvalue weighted by Gasteiger charge is -2.36. The summed E-state index contributed by atoms with van der Waals surface area (Å²) in [6.07, 6.45) is 2.39. The Balaban J connectivity index is 1.32. The number of aryl methyl sites for hydroxylation is 1. The van der Waals surface area contributed by atoms with E-state index in [1.165, 1.54) is 4.68 Å². The molecule has 0 saturated carbocycles. The number of anilines is 1. The fraction of sp³-hybridized carbons (Fsp3) is 0.450. The topological polar surface area (TPSA) is 91.7 Å². The summed E-state index contributed by atoms with van der Waals surface area (Å²) in [6, 6.07) is 9.31. The molecule has 0 bridgehead atoms. The van der Waals surface area contributed by atoms with E-state index in [4.69, 9.17) is 4.74 Å². The largest absolute Gasteiger partial charge is 0.497 e. The standard InChI is InChI=1S/C20H26N6O3/c1-24-19(27)11-15(13-21-24)25-7-9-26(10-8-25)20(28)18-12-17(22-23-18)14-3-5-16(29-2)6-4-14/h3-6,11,13,17-18,22-23H,7-10,12H2,1-2H3. The van der Waals surface area contributed by atoms with Gasteiger partial charge in [0.2, 0.25) is 5.91 Å². The van der Waals surface area contributed by atoms with Gasteiger partial charge in [-0.15, -0.1) is 0 Å². The maximum atomic E-state index is 12.9. The number of rotatable bonds is 4. The van der Waals surface area contributed by atoms with Gasteiger partial charge in [-0.3, -0.25) is 9.59 Å². The number of nitrogens with zero attached hydrogens (tertiary/aromatic N) is 4. The van der Waals surface area contributed by atoms with Crippen molar-refractivity contribution < 1.29 is 9.53 Å². The monoisotopic (exact) mass is 398 g/mol. The molecule has 1 aromatic heterocycles. The summed E-state index contributed by atoms with van der Waals surface area (Å²) in [7, 11) is 3.28. The smallest absolute Gasteiger partial charge is 0.268 e. The van der Waals surface area contributed by atoms with Crippen LogP contribution in [-0.2, 0) is 11.8 Å². The number of piperazine rings is 1. The van der Waals surface area contributed by atoms with Gasteiger partial charge in [0.05, 0.1) is 19.0 Å². The molecule has 2 aliphatic heterocycles. The zero-order valence-corrected chi connectivity index (χ0v) is 16.7. The number of amides is 1. The molecule has 3 heterocycles. The van der Waals surface area contributed by atoms with Gasteiger partial charge >= 0.3 is 0 Å². The van der Waals surface area contributed by atoms with Crippen LogP contribution in [0.5, 0.6) is 5.75 Å². The molecule has 1 amide bonds. The van der Waals surface area contributed by atoms with Crippen molar-refractivity contribution in [3.05, 3.63) is 52.4 Å². The summed E-state index contributed by atoms with van der Waals surface area (Å²) < 4.78 is 6.51. The third-order valence-corrected chi connectivity index (χ3v) is 5.63. The van der Waals surface area contributed by atoms with Crippen molar-refractivity contribution in [2.24, 2.45) is 7.05 Å². The molecule has 9 nitrogen and oxygen atoms in total. The SMILES string of the molecule is COc1ccc(C2CC(C(=O)N3CCN(c4cnn(C)c(=O)c4)CC3)NN2)cc1. The van der Waals surface area contributed by atoms with Crippen molar-refractivity contribution in [1.29, 1.82) is 0 Å². The third kappa shape index (κ3) is 4.10. The number of hydrogen-bond acceptors (Lipinski definition) is 7. The van der Waals surface area contributed by atoms with E-state index in [9.17, 15) is 9.59 Å². The zero-order chi connectivity index (χ0) is 20.4. The van der Waals surface area contributed by atoms with Crippen molar-refractivity contribution >= 4 is 11.6 Å². The van der Waals surface area contributed by atoms with Crippen LogP contribution >= 0.6 is 0 Å². The highest BCUT2D eigenvalue weighted by molar-refractivity contribution is 5.82. The van der Waals surface area contributed by atoms with E-state index >= 15 is 0 Å². The van der Waals surface area contributed by atoms with Crippen LogP contribution in [0.1, 0.15) is 18.0 Å². The van der Waals surface area contributed by atoms with E-state index in [0.29, 0.717) is 32.6 Å². The number of hydrazine groups is 1. The second kappa shape index (κ2) is 8.22. The van der Waals surface area contributed by atoms with Gasteiger partial charge in [-0.05, 0) is 24.1 Å². The number of carbonyl (C=O) groups is 1. The number of carbonyl (C=O) groups excluding carboxylic acids is 1. The number of aromatic nitrogens is 2. The second-order valence-corrected chi connectivity index (χ2v) is 7.39. The molecule has 2 unspecified atom stereocenters. The first-order chi connectivity index (χ1) is 14.0. The van der Waals surface area contributed by atoms with Gasteiger partial charge in [0.1, 0.15) is 11.8 Å². The van der Waals surface area contributed by atoms with Crippen molar-refractivity contribution in [2.45, 2.75) is 18.5 Å². The lowest BCUT2D eigenvalue weighted by atomic mass is 10.0. The summed E-state index contributed by atoms with van der Waals surface area (Å²) in [6.45, 7) is 2.62. The minimum absolute atomic E-state index is 0.0859. The lowest BCUT2D eigenvalue weighted by molar-refractivity contribution is -0.133. The Morgan fingerprint density at radius 2 is 1.86 bits per heavy atom. The van der Waals surface area contributed by atoms with Gasteiger partial charge < -0.3 is 14.5 Å². The number of ether oxygens (including phenoxy) is 1. The van der Waals surface area contributed by atoms with E-state index in [1.807, 2.05) is 29.2 Å². The highest BCUT2D eigenvalue weighted by Gasteiger charge is 2.34. The van der Waals surface area contributed by atoms with Crippen LogP contribution < -0.4 is 26.0 Å². The van der Waals surface area contributed by atoms with E-state index < -0.39 is 0 Å². The Morgan fingerprint density at radius 1 is 1.14 bits per heavy atom. The van der Waals surface area contributed by atoms with Crippen molar-refractivity contribution in [3.63, 3.8) is 0 Å². The maximum Gasteiger partial charge on any atom is 0.268 e.